The van der Waals surface area contributed by atoms with Crippen LogP contribution in [0, 0.1) is 12.3 Å². The first-order chi connectivity index (χ1) is 35.1. The number of carbonyl (C=O) groups is 4. The average Bonchev–Trinajstić information content (AvgIpc) is 4.00. The number of thiazole rings is 1. The summed E-state index contributed by atoms with van der Waals surface area (Å²) in [5.41, 5.74) is 10.6. The third-order valence-corrected chi connectivity index (χ3v) is 14.0. The fraction of sp³-hybridized carbons (Fsp3) is 0.328. The van der Waals surface area contributed by atoms with Gasteiger partial charge >= 0.3 is 0 Å². The van der Waals surface area contributed by atoms with Crippen molar-refractivity contribution in [1.82, 2.24) is 25.8 Å². The summed E-state index contributed by atoms with van der Waals surface area (Å²) < 4.78 is 5.97. The molecule has 7 rings (SSSR count). The van der Waals surface area contributed by atoms with Crippen LogP contribution in [0.25, 0.3) is 21.6 Å². The fourth-order valence-electron chi connectivity index (χ4n) is 8.88. The van der Waals surface area contributed by atoms with Crippen LogP contribution < -0.4 is 20.7 Å². The van der Waals surface area contributed by atoms with Gasteiger partial charge in [-0.15, -0.1) is 22.9 Å². The highest BCUT2D eigenvalue weighted by atomic mass is 35.5. The summed E-state index contributed by atoms with van der Waals surface area (Å²) in [5, 5.41) is 39.3. The van der Waals surface area contributed by atoms with Gasteiger partial charge in [-0.2, -0.15) is 0 Å². The summed E-state index contributed by atoms with van der Waals surface area (Å²) in [5.74, 6) is 0.177. The minimum absolute atomic E-state index is 0.00718. The maximum absolute atomic E-state index is 14.1. The molecular weight excluding hydrogens is 962 g/mol. The van der Waals surface area contributed by atoms with Gasteiger partial charge in [-0.1, -0.05) is 106 Å². The van der Waals surface area contributed by atoms with E-state index < -0.39 is 29.5 Å². The number of ether oxygens (including phenoxy) is 1. The molecule has 0 bridgehead atoms. The Kier molecular flexibility index (Phi) is 18.5. The van der Waals surface area contributed by atoms with Gasteiger partial charge in [-0.25, -0.2) is 4.98 Å². The van der Waals surface area contributed by atoms with Crippen LogP contribution in [0.3, 0.4) is 0 Å². The van der Waals surface area contributed by atoms with Crippen molar-refractivity contribution in [2.45, 2.75) is 91.0 Å². The largest absolute Gasteiger partial charge is 0.508 e. The molecule has 382 valence electrons. The van der Waals surface area contributed by atoms with Crippen molar-refractivity contribution in [2.75, 3.05) is 25.6 Å². The number of phenolic OH excluding ortho intramolecular Hbond substituents is 2. The van der Waals surface area contributed by atoms with Crippen molar-refractivity contribution in [3.8, 4) is 27.7 Å². The number of alkyl halides is 1. The maximum Gasteiger partial charge on any atom is 0.246 e. The smallest absolute Gasteiger partial charge is 0.246 e. The molecule has 3 atom stereocenters. The Bertz CT molecular complexity index is 2840. The number of aryl methyl sites for hydroxylation is 3. The number of carbonyl (C=O) groups excluding carboxylic acids is 4. The van der Waals surface area contributed by atoms with Gasteiger partial charge in [-0.3, -0.25) is 19.2 Å². The predicted molar refractivity (Wildman–Crippen MR) is 287 cm³/mol. The summed E-state index contributed by atoms with van der Waals surface area (Å²) in [6.45, 7) is 8.39. The Labute approximate surface area is 436 Å². The van der Waals surface area contributed by atoms with Crippen LogP contribution in [0.2, 0.25) is 0 Å². The third-order valence-electron chi connectivity index (χ3n) is 12.9. The number of aromatic nitrogens is 1. The molecule has 13 nitrogen and oxygen atoms in total. The van der Waals surface area contributed by atoms with Gasteiger partial charge < -0.3 is 40.9 Å². The molecule has 0 saturated carbocycles. The number of aromatic hydroxyl groups is 2. The van der Waals surface area contributed by atoms with Crippen LogP contribution in [0.15, 0.2) is 127 Å². The molecule has 0 spiro atoms. The Morgan fingerprint density at radius 1 is 0.753 bits per heavy atom. The van der Waals surface area contributed by atoms with Crippen LogP contribution in [0.5, 0.6) is 17.2 Å². The van der Waals surface area contributed by atoms with Gasteiger partial charge in [0, 0.05) is 38.2 Å². The average molecular weight is 1030 g/mol. The highest BCUT2D eigenvalue weighted by Gasteiger charge is 2.44. The highest BCUT2D eigenvalue weighted by Crippen LogP contribution is 2.37. The number of amides is 4. The second-order valence-corrected chi connectivity index (χ2v) is 20.6. The molecule has 0 aliphatic carbocycles. The number of aliphatic hydroxyl groups is 1. The highest BCUT2D eigenvalue weighted by molar-refractivity contribution is 7.13. The van der Waals surface area contributed by atoms with E-state index in [2.05, 4.69) is 20.9 Å². The predicted octanol–water partition coefficient (Wildman–Crippen LogP) is 8.99. The lowest BCUT2D eigenvalue weighted by molar-refractivity contribution is -0.144. The number of likely N-dealkylation sites (tertiary alicyclic amines) is 1. The zero-order valence-corrected chi connectivity index (χ0v) is 43.3. The molecule has 1 saturated heterocycles. The van der Waals surface area contributed by atoms with Crippen LogP contribution in [-0.4, -0.2) is 92.6 Å². The standard InChI is InChI=1S/C58H64ClN5O8S/c1-37-54(73-36-62-37)44-13-9-40(10-14-44)34-61-56(70)50-33-47(67)35-64(50)57(71)55(58(2,3)4)63-52(69)28-12-39-7-5-38(6-8-39)11-27-51(68)60-31-32-72-48-25-19-43(20-26-48)53(42-17-23-46(66)24-18-42)49(29-30-59)41-15-21-45(65)22-16-41/h5-10,13-26,36,47,50,55,65-67H,11-12,27-35H2,1-4H3,(H,60,68)(H,61,70)(H,63,69)/t47-,50+,55?/m1/s1. The minimum atomic E-state index is -0.927. The number of rotatable bonds is 21. The maximum atomic E-state index is 14.1. The monoisotopic (exact) mass is 1030 g/mol. The first kappa shape index (κ1) is 53.8. The minimum Gasteiger partial charge on any atom is -0.508 e. The molecular formula is C58H64ClN5O8S. The number of benzene rings is 5. The zero-order chi connectivity index (χ0) is 52.1. The molecule has 1 unspecified atom stereocenters. The first-order valence-corrected chi connectivity index (χ1v) is 26.0. The Balaban J connectivity index is 0.842. The van der Waals surface area contributed by atoms with Gasteiger partial charge in [0.25, 0.3) is 0 Å². The molecule has 6 aromatic rings. The van der Waals surface area contributed by atoms with Crippen molar-refractivity contribution in [3.05, 3.63) is 166 Å². The summed E-state index contributed by atoms with van der Waals surface area (Å²) in [6.07, 6.45) is 1.19. The van der Waals surface area contributed by atoms with E-state index in [4.69, 9.17) is 16.3 Å². The quantitative estimate of drug-likeness (QED) is 0.0232. The summed E-state index contributed by atoms with van der Waals surface area (Å²) in [4.78, 5) is 60.6. The first-order valence-electron chi connectivity index (χ1n) is 24.6. The van der Waals surface area contributed by atoms with E-state index >= 15 is 0 Å². The number of phenols is 2. The van der Waals surface area contributed by atoms with Crippen molar-refractivity contribution in [3.63, 3.8) is 0 Å². The van der Waals surface area contributed by atoms with E-state index in [0.29, 0.717) is 37.4 Å². The van der Waals surface area contributed by atoms with Crippen molar-refractivity contribution in [2.24, 2.45) is 5.41 Å². The summed E-state index contributed by atoms with van der Waals surface area (Å²) in [6, 6.07) is 35.5. The molecule has 1 aliphatic heterocycles. The Morgan fingerprint density at radius 2 is 1.32 bits per heavy atom. The zero-order valence-electron chi connectivity index (χ0n) is 41.7. The van der Waals surface area contributed by atoms with Crippen molar-refractivity contribution >= 4 is 57.7 Å². The molecule has 1 fully saturated rings. The number of aliphatic hydroxyl groups excluding tert-OH is 1. The van der Waals surface area contributed by atoms with Crippen LogP contribution in [0.1, 0.15) is 85.5 Å². The Morgan fingerprint density at radius 3 is 1.88 bits per heavy atom. The third kappa shape index (κ3) is 14.8. The number of hydrogen-bond acceptors (Lipinski definition) is 10. The number of nitrogens with zero attached hydrogens (tertiary/aromatic N) is 2. The van der Waals surface area contributed by atoms with E-state index in [1.54, 1.807) is 35.6 Å². The van der Waals surface area contributed by atoms with Crippen molar-refractivity contribution < 1.29 is 39.2 Å². The van der Waals surface area contributed by atoms with E-state index in [0.717, 1.165) is 60.7 Å². The molecule has 73 heavy (non-hydrogen) atoms. The fourth-order valence-corrected chi connectivity index (χ4v) is 9.88. The normalized spacial score (nSPS) is 15.3. The lowest BCUT2D eigenvalue weighted by Crippen LogP contribution is -2.57. The van der Waals surface area contributed by atoms with Crippen LogP contribution in [0.4, 0.5) is 0 Å². The van der Waals surface area contributed by atoms with E-state index in [1.807, 2.05) is 130 Å². The lowest BCUT2D eigenvalue weighted by Gasteiger charge is -2.35. The van der Waals surface area contributed by atoms with Crippen molar-refractivity contribution in [1.29, 1.82) is 0 Å². The number of hydrogen-bond donors (Lipinski definition) is 6. The summed E-state index contributed by atoms with van der Waals surface area (Å²) >= 11 is 7.86. The molecule has 15 heteroatoms. The number of nitrogens with one attached hydrogen (secondary N) is 3. The second-order valence-electron chi connectivity index (χ2n) is 19.4. The number of allylic oxidation sites excluding steroid dienone is 1. The molecule has 2 heterocycles. The van der Waals surface area contributed by atoms with Gasteiger partial charge in [0.05, 0.1) is 28.7 Å². The van der Waals surface area contributed by atoms with E-state index in [9.17, 15) is 34.5 Å². The molecule has 1 aliphatic rings. The molecule has 4 amide bonds. The second kappa shape index (κ2) is 25.1. The van der Waals surface area contributed by atoms with Crippen LogP contribution in [-0.2, 0) is 38.6 Å². The number of halogens is 1. The molecule has 1 aromatic heterocycles. The van der Waals surface area contributed by atoms with Gasteiger partial charge in [0.2, 0.25) is 23.6 Å². The van der Waals surface area contributed by atoms with E-state index in [1.165, 1.54) is 4.90 Å². The molecule has 5 aromatic carbocycles. The number of β-amino-alcohol motifs (C(OH)–C–C–N with tert-alkyl or cyclic N) is 1. The molecule has 6 N–H and O–H groups in total. The Hall–Kier alpha value is -7.00. The summed E-state index contributed by atoms with van der Waals surface area (Å²) in [7, 11) is 0. The lowest BCUT2D eigenvalue weighted by atomic mass is 9.85. The van der Waals surface area contributed by atoms with Gasteiger partial charge in [-0.05, 0) is 118 Å². The topological polar surface area (TPSA) is 190 Å². The van der Waals surface area contributed by atoms with Gasteiger partial charge in [0.1, 0.15) is 35.9 Å². The van der Waals surface area contributed by atoms with Gasteiger partial charge in [0.15, 0.2) is 0 Å². The van der Waals surface area contributed by atoms with E-state index in [-0.39, 0.29) is 68.2 Å². The van der Waals surface area contributed by atoms with Crippen LogP contribution >= 0.6 is 22.9 Å². The molecule has 0 radical (unpaired) electrons. The SMILES string of the molecule is Cc1ncsc1-c1ccc(CNC(=O)[C@@H]2C[C@@H](O)CN2C(=O)C(NC(=O)CCc2ccc(CCC(=O)NCCOc3ccc(C(=C(CCCl)c4ccc(O)cc4)c4ccc(O)cc4)cc3)cc2)C(C)(C)C)cc1.